The van der Waals surface area contributed by atoms with Crippen LogP contribution in [0.2, 0.25) is 0 Å². The molecule has 1 N–H and O–H groups in total. The maximum atomic E-state index is 12.7. The Morgan fingerprint density at radius 3 is 2.26 bits per heavy atom. The monoisotopic (exact) mass is 473 g/mol. The fourth-order valence-corrected chi connectivity index (χ4v) is 4.20. The average Bonchev–Trinajstić information content (AvgIpc) is 3.24. The number of benzene rings is 3. The summed E-state index contributed by atoms with van der Waals surface area (Å²) in [5.74, 6) is 0.322. The summed E-state index contributed by atoms with van der Waals surface area (Å²) in [6, 6.07) is 20.7. The van der Waals surface area contributed by atoms with Crippen molar-refractivity contribution < 1.29 is 9.72 Å². The standard InChI is InChI=1S/C25H23N5O3S/c1-16-7-11-19(12-8-16)24-27-28-25(29(24)20-13-9-17(2)10-14-20)34-15-22(31)26-23-18(3)5-4-6-21(23)30(32)33/h4-14H,15H2,1-3H3,(H,26,31). The average molecular weight is 474 g/mol. The van der Waals surface area contributed by atoms with Crippen molar-refractivity contribution in [3.05, 3.63) is 93.5 Å². The number of thioether (sulfide) groups is 1. The van der Waals surface area contributed by atoms with Crippen molar-refractivity contribution in [2.45, 2.75) is 25.9 Å². The molecule has 3 aromatic carbocycles. The molecule has 8 nitrogen and oxygen atoms in total. The highest BCUT2D eigenvalue weighted by atomic mass is 32.2. The first-order chi connectivity index (χ1) is 16.3. The Hall–Kier alpha value is -3.98. The zero-order valence-electron chi connectivity index (χ0n) is 19.0. The lowest BCUT2D eigenvalue weighted by Gasteiger charge is -2.12. The van der Waals surface area contributed by atoms with Crippen LogP contribution in [0.4, 0.5) is 11.4 Å². The third kappa shape index (κ3) is 4.99. The second-order valence-electron chi connectivity index (χ2n) is 7.91. The number of anilines is 1. The molecule has 1 heterocycles. The molecule has 0 aliphatic carbocycles. The molecule has 4 aromatic rings. The van der Waals surface area contributed by atoms with E-state index in [-0.39, 0.29) is 23.0 Å². The highest BCUT2D eigenvalue weighted by Gasteiger charge is 2.20. The van der Waals surface area contributed by atoms with Crippen LogP contribution in [0.5, 0.6) is 0 Å². The van der Waals surface area contributed by atoms with Gasteiger partial charge in [0.2, 0.25) is 5.91 Å². The molecule has 0 aliphatic rings. The number of para-hydroxylation sites is 1. The fourth-order valence-electron chi connectivity index (χ4n) is 3.45. The molecular formula is C25H23N5O3S. The van der Waals surface area contributed by atoms with Gasteiger partial charge in [-0.3, -0.25) is 19.5 Å². The summed E-state index contributed by atoms with van der Waals surface area (Å²) < 4.78 is 1.91. The fraction of sp³-hybridized carbons (Fsp3) is 0.160. The number of rotatable bonds is 7. The van der Waals surface area contributed by atoms with Crippen LogP contribution in [0.25, 0.3) is 17.1 Å². The van der Waals surface area contributed by atoms with E-state index in [2.05, 4.69) is 15.5 Å². The van der Waals surface area contributed by atoms with Crippen LogP contribution < -0.4 is 5.32 Å². The SMILES string of the molecule is Cc1ccc(-c2nnc(SCC(=O)Nc3c(C)cccc3[N+](=O)[O-])n2-c2ccc(C)cc2)cc1. The largest absolute Gasteiger partial charge is 0.319 e. The van der Waals surface area contributed by atoms with Gasteiger partial charge < -0.3 is 5.32 Å². The molecule has 0 saturated carbocycles. The Bertz CT molecular complexity index is 1350. The summed E-state index contributed by atoms with van der Waals surface area (Å²) in [6.45, 7) is 5.76. The number of hydrogen-bond donors (Lipinski definition) is 1. The number of amides is 1. The van der Waals surface area contributed by atoms with Gasteiger partial charge >= 0.3 is 0 Å². The molecule has 0 bridgehead atoms. The number of aromatic nitrogens is 3. The molecule has 0 radical (unpaired) electrons. The van der Waals surface area contributed by atoms with Crippen molar-refractivity contribution in [1.29, 1.82) is 0 Å². The number of aryl methyl sites for hydroxylation is 3. The van der Waals surface area contributed by atoms with Crippen molar-refractivity contribution in [3.63, 3.8) is 0 Å². The lowest BCUT2D eigenvalue weighted by atomic mass is 10.1. The van der Waals surface area contributed by atoms with Gasteiger partial charge in [0.25, 0.3) is 5.69 Å². The highest BCUT2D eigenvalue weighted by Crippen LogP contribution is 2.30. The summed E-state index contributed by atoms with van der Waals surface area (Å²) in [4.78, 5) is 23.6. The van der Waals surface area contributed by atoms with E-state index in [9.17, 15) is 14.9 Å². The van der Waals surface area contributed by atoms with Gasteiger partial charge in [-0.05, 0) is 38.5 Å². The summed E-state index contributed by atoms with van der Waals surface area (Å²) >= 11 is 1.22. The van der Waals surface area contributed by atoms with Crippen LogP contribution in [0.3, 0.4) is 0 Å². The Morgan fingerprint density at radius 2 is 1.62 bits per heavy atom. The Kier molecular flexibility index (Phi) is 6.74. The van der Waals surface area contributed by atoms with E-state index in [1.807, 2.05) is 66.9 Å². The Labute approximate surface area is 201 Å². The molecule has 0 fully saturated rings. The van der Waals surface area contributed by atoms with Crippen LogP contribution in [0, 0.1) is 30.9 Å². The van der Waals surface area contributed by atoms with E-state index in [0.29, 0.717) is 16.5 Å². The van der Waals surface area contributed by atoms with Gasteiger partial charge in [-0.25, -0.2) is 0 Å². The predicted molar refractivity (Wildman–Crippen MR) is 133 cm³/mol. The molecule has 0 saturated heterocycles. The lowest BCUT2D eigenvalue weighted by Crippen LogP contribution is -2.16. The van der Waals surface area contributed by atoms with Crippen LogP contribution in [0.15, 0.2) is 71.9 Å². The minimum absolute atomic E-state index is 0.0172. The summed E-state index contributed by atoms with van der Waals surface area (Å²) in [6.07, 6.45) is 0. The minimum Gasteiger partial charge on any atom is -0.319 e. The van der Waals surface area contributed by atoms with E-state index >= 15 is 0 Å². The highest BCUT2D eigenvalue weighted by molar-refractivity contribution is 7.99. The maximum Gasteiger partial charge on any atom is 0.293 e. The molecule has 0 aliphatic heterocycles. The zero-order chi connectivity index (χ0) is 24.2. The van der Waals surface area contributed by atoms with Crippen LogP contribution in [-0.2, 0) is 4.79 Å². The molecule has 4 rings (SSSR count). The van der Waals surface area contributed by atoms with Gasteiger partial charge in [-0.2, -0.15) is 0 Å². The van der Waals surface area contributed by atoms with E-state index in [4.69, 9.17) is 0 Å². The van der Waals surface area contributed by atoms with Crippen molar-refractivity contribution in [3.8, 4) is 17.1 Å². The maximum absolute atomic E-state index is 12.7. The van der Waals surface area contributed by atoms with Crippen molar-refractivity contribution >= 4 is 29.0 Å². The molecule has 34 heavy (non-hydrogen) atoms. The second kappa shape index (κ2) is 9.88. The van der Waals surface area contributed by atoms with E-state index in [1.54, 1.807) is 19.1 Å². The molecule has 9 heteroatoms. The Morgan fingerprint density at radius 1 is 0.971 bits per heavy atom. The lowest BCUT2D eigenvalue weighted by molar-refractivity contribution is -0.384. The first-order valence-corrected chi connectivity index (χ1v) is 11.6. The van der Waals surface area contributed by atoms with Gasteiger partial charge in [0.05, 0.1) is 10.7 Å². The number of nitrogens with one attached hydrogen (secondary N) is 1. The van der Waals surface area contributed by atoms with Crippen LogP contribution in [0.1, 0.15) is 16.7 Å². The third-order valence-electron chi connectivity index (χ3n) is 5.28. The number of hydrogen-bond acceptors (Lipinski definition) is 6. The Balaban J connectivity index is 1.61. The van der Waals surface area contributed by atoms with Gasteiger partial charge in [0.1, 0.15) is 5.69 Å². The summed E-state index contributed by atoms with van der Waals surface area (Å²) in [7, 11) is 0. The number of nitrogens with zero attached hydrogens (tertiary/aromatic N) is 4. The van der Waals surface area contributed by atoms with Crippen LogP contribution >= 0.6 is 11.8 Å². The molecule has 1 amide bonds. The predicted octanol–water partition coefficient (Wildman–Crippen LogP) is 5.50. The van der Waals surface area contributed by atoms with Gasteiger partial charge in [0, 0.05) is 17.3 Å². The normalized spacial score (nSPS) is 10.8. The first kappa shape index (κ1) is 23.2. The van der Waals surface area contributed by atoms with Crippen molar-refractivity contribution in [2.24, 2.45) is 0 Å². The smallest absolute Gasteiger partial charge is 0.293 e. The number of carbonyl (C=O) groups excluding carboxylic acids is 1. The van der Waals surface area contributed by atoms with E-state index < -0.39 is 4.92 Å². The van der Waals surface area contributed by atoms with E-state index in [1.165, 1.54) is 17.8 Å². The van der Waals surface area contributed by atoms with Crippen molar-refractivity contribution in [2.75, 3.05) is 11.1 Å². The van der Waals surface area contributed by atoms with Gasteiger partial charge in [-0.1, -0.05) is 71.4 Å². The quantitative estimate of drug-likeness (QED) is 0.216. The summed E-state index contributed by atoms with van der Waals surface area (Å²) in [5.41, 5.74) is 4.75. The summed E-state index contributed by atoms with van der Waals surface area (Å²) in [5, 5.41) is 23.3. The second-order valence-corrected chi connectivity index (χ2v) is 8.85. The topological polar surface area (TPSA) is 103 Å². The number of carbonyl (C=O) groups is 1. The molecule has 0 unspecified atom stereocenters. The van der Waals surface area contributed by atoms with Gasteiger partial charge in [-0.15, -0.1) is 10.2 Å². The molecular weight excluding hydrogens is 450 g/mol. The zero-order valence-corrected chi connectivity index (χ0v) is 19.8. The van der Waals surface area contributed by atoms with Crippen molar-refractivity contribution in [1.82, 2.24) is 14.8 Å². The van der Waals surface area contributed by atoms with Crippen LogP contribution in [-0.4, -0.2) is 31.3 Å². The molecule has 1 aromatic heterocycles. The number of nitro groups is 1. The first-order valence-electron chi connectivity index (χ1n) is 10.6. The van der Waals surface area contributed by atoms with E-state index in [0.717, 1.165) is 22.4 Å². The number of nitro benzene ring substituents is 1. The molecule has 172 valence electrons. The molecule has 0 spiro atoms. The minimum atomic E-state index is -0.502. The van der Waals surface area contributed by atoms with Gasteiger partial charge in [0.15, 0.2) is 11.0 Å². The third-order valence-corrected chi connectivity index (χ3v) is 6.21. The molecule has 0 atom stereocenters.